The molecule has 0 spiro atoms. The summed E-state index contributed by atoms with van der Waals surface area (Å²) in [5.74, 6) is -1.23. The summed E-state index contributed by atoms with van der Waals surface area (Å²) in [5.41, 5.74) is 0.147. The molecule has 12 heteroatoms. The van der Waals surface area contributed by atoms with Crippen molar-refractivity contribution >= 4 is 15.9 Å². The van der Waals surface area contributed by atoms with Gasteiger partial charge in [-0.15, -0.1) is 0 Å². The zero-order valence-electron chi connectivity index (χ0n) is 16.2. The maximum Gasteiger partial charge on any atom is 0.422 e. The average molecular weight is 461 g/mol. The van der Waals surface area contributed by atoms with Crippen molar-refractivity contribution in [1.82, 2.24) is 14.2 Å². The molecule has 0 aliphatic carbocycles. The van der Waals surface area contributed by atoms with Crippen LogP contribution in [0, 0.1) is 5.82 Å². The second-order valence-corrected chi connectivity index (χ2v) is 8.73. The maximum atomic E-state index is 13.1. The topological polar surface area (TPSA) is 79.8 Å². The molecular formula is C19H19F4N3O4S. The number of rotatable bonds is 5. The number of benzene rings is 1. The number of alkyl halides is 3. The lowest BCUT2D eigenvalue weighted by Crippen LogP contribution is -2.37. The number of hydrogen-bond acceptors (Lipinski definition) is 5. The van der Waals surface area contributed by atoms with Crippen molar-refractivity contribution in [2.75, 3.05) is 32.8 Å². The van der Waals surface area contributed by atoms with Gasteiger partial charge in [0.2, 0.25) is 15.9 Å². The first kappa shape index (κ1) is 22.9. The number of sulfonamides is 1. The first-order valence-electron chi connectivity index (χ1n) is 9.27. The molecule has 3 rings (SSSR count). The number of ether oxygens (including phenoxy) is 1. The minimum Gasteiger partial charge on any atom is -0.468 e. The van der Waals surface area contributed by atoms with E-state index < -0.39 is 34.5 Å². The number of halogens is 4. The highest BCUT2D eigenvalue weighted by atomic mass is 32.2. The second kappa shape index (κ2) is 9.18. The van der Waals surface area contributed by atoms with Gasteiger partial charge in [0.05, 0.1) is 10.5 Å². The van der Waals surface area contributed by atoms with Gasteiger partial charge < -0.3 is 9.64 Å². The Morgan fingerprint density at radius 1 is 1.03 bits per heavy atom. The Hall–Kier alpha value is -2.73. The first-order valence-corrected chi connectivity index (χ1v) is 10.7. The summed E-state index contributed by atoms with van der Waals surface area (Å²) in [6.45, 7) is -0.846. The van der Waals surface area contributed by atoms with Crippen molar-refractivity contribution in [2.45, 2.75) is 17.5 Å². The van der Waals surface area contributed by atoms with E-state index in [0.717, 1.165) is 18.3 Å². The molecule has 1 fully saturated rings. The quantitative estimate of drug-likeness (QED) is 0.640. The minimum absolute atomic E-state index is 0.0349. The fourth-order valence-electron chi connectivity index (χ4n) is 3.02. The summed E-state index contributed by atoms with van der Waals surface area (Å²) in [6, 6.07) is 6.98. The van der Waals surface area contributed by atoms with Gasteiger partial charge in [0.25, 0.3) is 5.91 Å². The molecule has 2 heterocycles. The smallest absolute Gasteiger partial charge is 0.422 e. The van der Waals surface area contributed by atoms with Gasteiger partial charge in [-0.25, -0.2) is 17.8 Å². The fourth-order valence-corrected chi connectivity index (χ4v) is 4.49. The van der Waals surface area contributed by atoms with E-state index >= 15 is 0 Å². The van der Waals surface area contributed by atoms with Crippen LogP contribution in [0.2, 0.25) is 0 Å². The molecule has 0 saturated carbocycles. The third kappa shape index (κ3) is 5.91. The van der Waals surface area contributed by atoms with Crippen LogP contribution < -0.4 is 4.74 Å². The van der Waals surface area contributed by atoms with Crippen LogP contribution in [0.4, 0.5) is 17.6 Å². The van der Waals surface area contributed by atoms with Crippen LogP contribution in [-0.2, 0) is 10.0 Å². The molecule has 1 aromatic heterocycles. The van der Waals surface area contributed by atoms with E-state index in [4.69, 9.17) is 0 Å². The Kier molecular flexibility index (Phi) is 6.80. The molecule has 0 bridgehead atoms. The van der Waals surface area contributed by atoms with Gasteiger partial charge in [-0.05, 0) is 36.8 Å². The van der Waals surface area contributed by atoms with Crippen molar-refractivity contribution in [3.8, 4) is 5.88 Å². The van der Waals surface area contributed by atoms with Gasteiger partial charge >= 0.3 is 6.18 Å². The van der Waals surface area contributed by atoms with Crippen LogP contribution in [0.5, 0.6) is 5.88 Å². The molecule has 1 aromatic carbocycles. The molecule has 1 amide bonds. The van der Waals surface area contributed by atoms with Gasteiger partial charge in [0.15, 0.2) is 6.61 Å². The number of carbonyl (C=O) groups excluding carboxylic acids is 1. The summed E-state index contributed by atoms with van der Waals surface area (Å²) in [4.78, 5) is 17.8. The normalized spacial score (nSPS) is 16.1. The Morgan fingerprint density at radius 2 is 1.74 bits per heavy atom. The molecule has 1 aliphatic heterocycles. The molecule has 1 aliphatic rings. The number of aromatic nitrogens is 1. The molecular weight excluding hydrogens is 442 g/mol. The highest BCUT2D eigenvalue weighted by Gasteiger charge is 2.30. The van der Waals surface area contributed by atoms with Crippen molar-refractivity contribution in [2.24, 2.45) is 0 Å². The summed E-state index contributed by atoms with van der Waals surface area (Å²) in [5, 5.41) is 0. The average Bonchev–Trinajstić information content (AvgIpc) is 2.99. The second-order valence-electron chi connectivity index (χ2n) is 6.79. The van der Waals surface area contributed by atoms with Crippen molar-refractivity contribution < 1.29 is 35.5 Å². The standard InChI is InChI=1S/C19H19F4N3O4S/c20-15-3-5-16(6-4-15)31(28,29)26-9-1-8-25(10-11-26)18(27)14-2-7-17(24-12-14)30-13-19(21,22)23/h2-7,12H,1,8-11,13H2. The third-order valence-electron chi connectivity index (χ3n) is 4.56. The van der Waals surface area contributed by atoms with E-state index in [1.54, 1.807) is 0 Å². The van der Waals surface area contributed by atoms with E-state index in [0.29, 0.717) is 13.0 Å². The lowest BCUT2D eigenvalue weighted by molar-refractivity contribution is -0.154. The van der Waals surface area contributed by atoms with Crippen LogP contribution in [0.1, 0.15) is 16.8 Å². The van der Waals surface area contributed by atoms with Crippen LogP contribution in [0.25, 0.3) is 0 Å². The van der Waals surface area contributed by atoms with Gasteiger partial charge in [-0.3, -0.25) is 4.79 Å². The highest BCUT2D eigenvalue weighted by Crippen LogP contribution is 2.20. The number of nitrogens with zero attached hydrogens (tertiary/aromatic N) is 3. The van der Waals surface area contributed by atoms with Gasteiger partial charge in [-0.1, -0.05) is 0 Å². The molecule has 0 atom stereocenters. The summed E-state index contributed by atoms with van der Waals surface area (Å²) < 4.78 is 80.9. The fraction of sp³-hybridized carbons (Fsp3) is 0.368. The molecule has 168 valence electrons. The lowest BCUT2D eigenvalue weighted by Gasteiger charge is -2.22. The monoisotopic (exact) mass is 461 g/mol. The SMILES string of the molecule is O=C(c1ccc(OCC(F)(F)F)nc1)N1CCCN(S(=O)(=O)c2ccc(F)cc2)CC1. The minimum atomic E-state index is -4.50. The molecule has 31 heavy (non-hydrogen) atoms. The van der Waals surface area contributed by atoms with Crippen LogP contribution in [0.3, 0.4) is 0 Å². The molecule has 1 saturated heterocycles. The highest BCUT2D eigenvalue weighted by molar-refractivity contribution is 7.89. The van der Waals surface area contributed by atoms with E-state index in [2.05, 4.69) is 9.72 Å². The number of carbonyl (C=O) groups is 1. The maximum absolute atomic E-state index is 13.1. The Labute approximate surface area is 176 Å². The number of hydrogen-bond donors (Lipinski definition) is 0. The molecule has 0 unspecified atom stereocenters. The lowest BCUT2D eigenvalue weighted by atomic mass is 10.2. The van der Waals surface area contributed by atoms with Gasteiger partial charge in [0.1, 0.15) is 5.82 Å². The van der Waals surface area contributed by atoms with Crippen LogP contribution in [-0.4, -0.2) is 67.5 Å². The zero-order valence-corrected chi connectivity index (χ0v) is 17.0. The molecule has 2 aromatic rings. The zero-order chi connectivity index (χ0) is 22.6. The Bertz CT molecular complexity index is 1010. The summed E-state index contributed by atoms with van der Waals surface area (Å²) in [7, 11) is -3.83. The van der Waals surface area contributed by atoms with E-state index in [1.165, 1.54) is 33.5 Å². The number of amides is 1. The number of pyridine rings is 1. The predicted octanol–water partition coefficient (Wildman–Crippen LogP) is 2.70. The first-order chi connectivity index (χ1) is 14.6. The molecule has 7 nitrogen and oxygen atoms in total. The summed E-state index contributed by atoms with van der Waals surface area (Å²) >= 11 is 0. The Morgan fingerprint density at radius 3 is 2.35 bits per heavy atom. The molecule has 0 N–H and O–H groups in total. The van der Waals surface area contributed by atoms with Gasteiger partial charge in [0, 0.05) is 38.4 Å². The van der Waals surface area contributed by atoms with Gasteiger partial charge in [-0.2, -0.15) is 17.5 Å². The molecule has 0 radical (unpaired) electrons. The van der Waals surface area contributed by atoms with Crippen molar-refractivity contribution in [3.05, 3.63) is 54.0 Å². The van der Waals surface area contributed by atoms with E-state index in [1.807, 2.05) is 0 Å². The van der Waals surface area contributed by atoms with E-state index in [-0.39, 0.29) is 36.0 Å². The largest absolute Gasteiger partial charge is 0.468 e. The van der Waals surface area contributed by atoms with Crippen molar-refractivity contribution in [1.29, 1.82) is 0 Å². The predicted molar refractivity (Wildman–Crippen MR) is 101 cm³/mol. The van der Waals surface area contributed by atoms with Crippen molar-refractivity contribution in [3.63, 3.8) is 0 Å². The Balaban J connectivity index is 1.63. The van der Waals surface area contributed by atoms with Crippen LogP contribution >= 0.6 is 0 Å². The van der Waals surface area contributed by atoms with Crippen LogP contribution in [0.15, 0.2) is 47.5 Å². The third-order valence-corrected chi connectivity index (χ3v) is 6.47. The van der Waals surface area contributed by atoms with E-state index in [9.17, 15) is 30.8 Å². The summed E-state index contributed by atoms with van der Waals surface area (Å²) in [6.07, 6.45) is -3.00.